The van der Waals surface area contributed by atoms with Crippen LogP contribution in [0, 0.1) is 0 Å². The number of rotatable bonds is 1. The largest absolute Gasteiger partial charge is 0.485 e. The normalized spacial score (nSPS) is 21.6. The van der Waals surface area contributed by atoms with E-state index < -0.39 is 6.10 Å². The fourth-order valence-corrected chi connectivity index (χ4v) is 2.91. The van der Waals surface area contributed by atoms with Gasteiger partial charge < -0.3 is 9.84 Å². The van der Waals surface area contributed by atoms with E-state index in [1.165, 1.54) is 0 Å². The van der Waals surface area contributed by atoms with Crippen LogP contribution in [0.2, 0.25) is 5.02 Å². The number of hydrogen-bond donors (Lipinski definition) is 1. The summed E-state index contributed by atoms with van der Waals surface area (Å²) >= 11 is 9.40. The van der Waals surface area contributed by atoms with E-state index in [0.29, 0.717) is 11.4 Å². The monoisotopic (exact) mass is 338 g/mol. The molecule has 1 heterocycles. The number of aliphatic hydroxyl groups is 1. The molecule has 0 aromatic heterocycles. The Labute approximate surface area is 125 Å². The topological polar surface area (TPSA) is 29.5 Å². The summed E-state index contributed by atoms with van der Waals surface area (Å²) in [7, 11) is 0. The van der Waals surface area contributed by atoms with Gasteiger partial charge in [0.25, 0.3) is 0 Å². The van der Waals surface area contributed by atoms with Crippen molar-refractivity contribution in [2.24, 2.45) is 0 Å². The fourth-order valence-electron chi connectivity index (χ4n) is 2.33. The number of hydrogen-bond acceptors (Lipinski definition) is 2. The summed E-state index contributed by atoms with van der Waals surface area (Å²) < 4.78 is 6.90. The van der Waals surface area contributed by atoms with Gasteiger partial charge >= 0.3 is 0 Å². The minimum Gasteiger partial charge on any atom is -0.485 e. The number of benzene rings is 2. The zero-order chi connectivity index (χ0) is 13.4. The molecular weight excluding hydrogens is 328 g/mol. The van der Waals surface area contributed by atoms with Crippen molar-refractivity contribution >= 4 is 27.5 Å². The summed E-state index contributed by atoms with van der Waals surface area (Å²) in [6.45, 7) is 0. The Morgan fingerprint density at radius 1 is 1.21 bits per heavy atom. The molecule has 0 aliphatic carbocycles. The average molecular weight is 340 g/mol. The van der Waals surface area contributed by atoms with Crippen molar-refractivity contribution in [3.05, 3.63) is 63.1 Å². The van der Waals surface area contributed by atoms with Gasteiger partial charge in [0.1, 0.15) is 11.9 Å². The summed E-state index contributed by atoms with van der Waals surface area (Å²) in [6.07, 6.45) is -0.156. The van der Waals surface area contributed by atoms with Gasteiger partial charge in [0.05, 0.1) is 6.10 Å². The zero-order valence-corrected chi connectivity index (χ0v) is 12.4. The Morgan fingerprint density at radius 3 is 2.84 bits per heavy atom. The lowest BCUT2D eigenvalue weighted by Gasteiger charge is -2.30. The summed E-state index contributed by atoms with van der Waals surface area (Å²) in [6, 6.07) is 13.2. The standard InChI is InChI=1S/C15H12BrClO2/c16-10-4-5-14-12(7-10)13(18)8-15(19-14)9-2-1-3-11(17)6-9/h1-7,13,15,18H,8H2/t13-,15?/m0/s1. The van der Waals surface area contributed by atoms with E-state index in [-0.39, 0.29) is 6.10 Å². The molecule has 1 N–H and O–H groups in total. The summed E-state index contributed by atoms with van der Waals surface area (Å²) in [4.78, 5) is 0. The maximum atomic E-state index is 10.3. The molecule has 0 bridgehead atoms. The third-order valence-corrected chi connectivity index (χ3v) is 3.99. The quantitative estimate of drug-likeness (QED) is 0.819. The van der Waals surface area contributed by atoms with Crippen LogP contribution in [0.5, 0.6) is 5.75 Å². The van der Waals surface area contributed by atoms with Crippen LogP contribution in [-0.2, 0) is 0 Å². The molecule has 2 aromatic carbocycles. The molecule has 0 fully saturated rings. The highest BCUT2D eigenvalue weighted by molar-refractivity contribution is 9.10. The van der Waals surface area contributed by atoms with Gasteiger partial charge in [-0.3, -0.25) is 0 Å². The predicted octanol–water partition coefficient (Wildman–Crippen LogP) is 4.66. The van der Waals surface area contributed by atoms with Gasteiger partial charge in [-0.1, -0.05) is 39.7 Å². The third-order valence-electron chi connectivity index (χ3n) is 3.26. The second-order valence-electron chi connectivity index (χ2n) is 4.60. The Kier molecular flexibility index (Phi) is 3.52. The second-order valence-corrected chi connectivity index (χ2v) is 5.95. The van der Waals surface area contributed by atoms with E-state index >= 15 is 0 Å². The van der Waals surface area contributed by atoms with Gasteiger partial charge in [0, 0.05) is 21.5 Å². The van der Waals surface area contributed by atoms with Gasteiger partial charge in [0.2, 0.25) is 0 Å². The lowest BCUT2D eigenvalue weighted by Crippen LogP contribution is -2.19. The maximum absolute atomic E-state index is 10.3. The van der Waals surface area contributed by atoms with E-state index in [2.05, 4.69) is 15.9 Å². The number of ether oxygens (including phenoxy) is 1. The average Bonchev–Trinajstić information content (AvgIpc) is 2.39. The molecule has 19 heavy (non-hydrogen) atoms. The number of aliphatic hydroxyl groups excluding tert-OH is 1. The van der Waals surface area contributed by atoms with Crippen molar-refractivity contribution in [1.82, 2.24) is 0 Å². The first kappa shape index (κ1) is 13.0. The van der Waals surface area contributed by atoms with Gasteiger partial charge in [-0.2, -0.15) is 0 Å². The molecule has 0 amide bonds. The van der Waals surface area contributed by atoms with Crippen LogP contribution in [0.1, 0.15) is 29.8 Å². The van der Waals surface area contributed by atoms with Crippen LogP contribution in [0.4, 0.5) is 0 Å². The Bertz CT molecular complexity index is 615. The summed E-state index contributed by atoms with van der Waals surface area (Å²) in [5.41, 5.74) is 1.81. The van der Waals surface area contributed by atoms with Crippen LogP contribution in [0.25, 0.3) is 0 Å². The SMILES string of the molecule is O[C@H]1CC(c2cccc(Cl)c2)Oc2ccc(Br)cc21. The lowest BCUT2D eigenvalue weighted by molar-refractivity contribution is 0.0657. The molecule has 2 nitrogen and oxygen atoms in total. The maximum Gasteiger partial charge on any atom is 0.127 e. The van der Waals surface area contributed by atoms with Crippen LogP contribution >= 0.6 is 27.5 Å². The molecule has 0 saturated carbocycles. The summed E-state index contributed by atoms with van der Waals surface area (Å²) in [5, 5.41) is 10.9. The Hall–Kier alpha value is -1.03. The van der Waals surface area contributed by atoms with Crippen LogP contribution in [0.15, 0.2) is 46.9 Å². The van der Waals surface area contributed by atoms with E-state index in [4.69, 9.17) is 16.3 Å². The summed E-state index contributed by atoms with van der Waals surface area (Å²) in [5.74, 6) is 0.729. The molecule has 98 valence electrons. The predicted molar refractivity (Wildman–Crippen MR) is 78.5 cm³/mol. The van der Waals surface area contributed by atoms with E-state index in [1.54, 1.807) is 0 Å². The molecule has 0 saturated heterocycles. The van der Waals surface area contributed by atoms with Crippen LogP contribution < -0.4 is 4.74 Å². The minimum atomic E-state index is -0.523. The second kappa shape index (κ2) is 5.16. The van der Waals surface area contributed by atoms with Crippen molar-refractivity contribution in [1.29, 1.82) is 0 Å². The van der Waals surface area contributed by atoms with Crippen molar-refractivity contribution < 1.29 is 9.84 Å². The first-order chi connectivity index (χ1) is 9.13. The van der Waals surface area contributed by atoms with Gasteiger partial charge in [-0.25, -0.2) is 0 Å². The van der Waals surface area contributed by atoms with Crippen molar-refractivity contribution in [3.8, 4) is 5.75 Å². The molecule has 1 aliphatic rings. The molecule has 2 atom stereocenters. The van der Waals surface area contributed by atoms with Crippen LogP contribution in [0.3, 0.4) is 0 Å². The highest BCUT2D eigenvalue weighted by atomic mass is 79.9. The zero-order valence-electron chi connectivity index (χ0n) is 10.0. The van der Waals surface area contributed by atoms with Gasteiger partial charge in [-0.15, -0.1) is 0 Å². The minimum absolute atomic E-state index is 0.164. The number of halogens is 2. The molecule has 1 aliphatic heterocycles. The first-order valence-corrected chi connectivity index (χ1v) is 7.20. The van der Waals surface area contributed by atoms with Crippen molar-refractivity contribution in [3.63, 3.8) is 0 Å². The lowest BCUT2D eigenvalue weighted by atomic mass is 9.95. The smallest absolute Gasteiger partial charge is 0.127 e. The van der Waals surface area contributed by atoms with E-state index in [1.807, 2.05) is 42.5 Å². The Balaban J connectivity index is 1.95. The molecule has 2 aromatic rings. The molecule has 1 unspecified atom stereocenters. The van der Waals surface area contributed by atoms with Gasteiger partial charge in [0.15, 0.2) is 0 Å². The molecule has 4 heteroatoms. The van der Waals surface area contributed by atoms with Gasteiger partial charge in [-0.05, 0) is 35.9 Å². The van der Waals surface area contributed by atoms with Crippen molar-refractivity contribution in [2.75, 3.05) is 0 Å². The Morgan fingerprint density at radius 2 is 2.05 bits per heavy atom. The molecule has 0 spiro atoms. The van der Waals surface area contributed by atoms with Crippen LogP contribution in [-0.4, -0.2) is 5.11 Å². The molecule has 3 rings (SSSR count). The highest BCUT2D eigenvalue weighted by Gasteiger charge is 2.28. The molecular formula is C15H12BrClO2. The molecule has 0 radical (unpaired) electrons. The first-order valence-electron chi connectivity index (χ1n) is 6.03. The third kappa shape index (κ3) is 2.64. The van der Waals surface area contributed by atoms with E-state index in [0.717, 1.165) is 21.3 Å². The fraction of sp³-hybridized carbons (Fsp3) is 0.200. The highest BCUT2D eigenvalue weighted by Crippen LogP contribution is 2.41. The van der Waals surface area contributed by atoms with Crippen molar-refractivity contribution in [2.45, 2.75) is 18.6 Å². The van der Waals surface area contributed by atoms with E-state index in [9.17, 15) is 5.11 Å². The number of fused-ring (bicyclic) bond motifs is 1.